The Bertz CT molecular complexity index is 670. The number of ether oxygens (including phenoxy) is 1. The summed E-state index contributed by atoms with van der Waals surface area (Å²) in [7, 11) is 0. The highest BCUT2D eigenvalue weighted by molar-refractivity contribution is 5.30. The first kappa shape index (κ1) is 16.5. The Morgan fingerprint density at radius 1 is 0.826 bits per heavy atom. The first-order valence-electron chi connectivity index (χ1n) is 7.24. The minimum Gasteiger partial charge on any atom is -0.508 e. The lowest BCUT2D eigenvalue weighted by atomic mass is 10.2. The molecule has 118 valence electrons. The predicted octanol–water partition coefficient (Wildman–Crippen LogP) is 3.55. The topological polar surface area (TPSA) is 62.6 Å². The van der Waals surface area contributed by atoms with Crippen LogP contribution < -0.4 is 4.74 Å². The van der Waals surface area contributed by atoms with Gasteiger partial charge in [0.25, 0.3) is 0 Å². The van der Waals surface area contributed by atoms with Gasteiger partial charge in [0.2, 0.25) is 0 Å². The van der Waals surface area contributed by atoms with Gasteiger partial charge in [-0.3, -0.25) is 4.98 Å². The zero-order chi connectivity index (χ0) is 16.3. The van der Waals surface area contributed by atoms with Gasteiger partial charge in [0.15, 0.2) is 0 Å². The van der Waals surface area contributed by atoms with Crippen molar-refractivity contribution >= 4 is 0 Å². The highest BCUT2D eigenvalue weighted by Crippen LogP contribution is 2.17. The normalized spacial score (nSPS) is 9.61. The number of aromatic hydroxyl groups is 1. The molecule has 0 aliphatic heterocycles. The molecule has 1 heterocycles. The summed E-state index contributed by atoms with van der Waals surface area (Å²) in [6.07, 6.45) is 1.66. The summed E-state index contributed by atoms with van der Waals surface area (Å²) < 4.78 is 5.54. The van der Waals surface area contributed by atoms with Crippen LogP contribution in [0.4, 0.5) is 0 Å². The first-order chi connectivity index (χ1) is 11.3. The third-order valence-corrected chi connectivity index (χ3v) is 2.97. The van der Waals surface area contributed by atoms with Gasteiger partial charge in [-0.05, 0) is 42.0 Å². The summed E-state index contributed by atoms with van der Waals surface area (Å²) in [6, 6.07) is 22.1. The summed E-state index contributed by atoms with van der Waals surface area (Å²) in [5, 5.41) is 17.6. The van der Waals surface area contributed by atoms with Gasteiger partial charge < -0.3 is 14.9 Å². The van der Waals surface area contributed by atoms with Crippen molar-refractivity contribution in [2.45, 2.75) is 13.2 Å². The van der Waals surface area contributed by atoms with Gasteiger partial charge >= 0.3 is 0 Å². The van der Waals surface area contributed by atoms with Crippen molar-refractivity contribution in [3.8, 4) is 11.5 Å². The van der Waals surface area contributed by atoms with Crippen LogP contribution in [0.5, 0.6) is 11.5 Å². The summed E-state index contributed by atoms with van der Waals surface area (Å²) in [5.41, 5.74) is 1.85. The van der Waals surface area contributed by atoms with Crippen LogP contribution in [0.1, 0.15) is 11.3 Å². The molecule has 0 aliphatic carbocycles. The maximum absolute atomic E-state index is 9.09. The fourth-order valence-electron chi connectivity index (χ4n) is 1.77. The molecule has 0 atom stereocenters. The number of benzene rings is 2. The summed E-state index contributed by atoms with van der Waals surface area (Å²) in [6.45, 7) is 0.576. The van der Waals surface area contributed by atoms with Crippen LogP contribution in [-0.2, 0) is 13.2 Å². The maximum Gasteiger partial charge on any atom is 0.120 e. The van der Waals surface area contributed by atoms with Gasteiger partial charge in [-0.1, -0.05) is 36.4 Å². The van der Waals surface area contributed by atoms with E-state index in [1.165, 1.54) is 0 Å². The van der Waals surface area contributed by atoms with E-state index in [9.17, 15) is 0 Å². The lowest BCUT2D eigenvalue weighted by molar-refractivity contribution is 0.277. The number of hydrogen-bond acceptors (Lipinski definition) is 4. The second-order valence-electron chi connectivity index (χ2n) is 4.75. The molecule has 1 aromatic heterocycles. The van der Waals surface area contributed by atoms with E-state index in [2.05, 4.69) is 4.98 Å². The van der Waals surface area contributed by atoms with E-state index in [0.717, 1.165) is 11.3 Å². The van der Waals surface area contributed by atoms with Crippen molar-refractivity contribution < 1.29 is 14.9 Å². The molecule has 0 fully saturated rings. The summed E-state index contributed by atoms with van der Waals surface area (Å²) in [4.78, 5) is 3.85. The summed E-state index contributed by atoms with van der Waals surface area (Å²) in [5.74, 6) is 1.01. The number of hydrogen-bond donors (Lipinski definition) is 2. The molecule has 0 spiro atoms. The third kappa shape index (κ3) is 6.20. The molecule has 0 saturated heterocycles. The van der Waals surface area contributed by atoms with Crippen molar-refractivity contribution in [1.29, 1.82) is 0 Å². The van der Waals surface area contributed by atoms with Crippen LogP contribution in [-0.4, -0.2) is 15.2 Å². The van der Waals surface area contributed by atoms with Crippen molar-refractivity contribution in [2.24, 2.45) is 0 Å². The number of aliphatic hydroxyl groups excluding tert-OH is 1. The molecule has 0 aliphatic rings. The van der Waals surface area contributed by atoms with Crippen LogP contribution in [0.15, 0.2) is 79.0 Å². The molecular weight excluding hydrogens is 290 g/mol. The molecule has 4 heteroatoms. The molecule has 23 heavy (non-hydrogen) atoms. The molecule has 0 radical (unpaired) electrons. The van der Waals surface area contributed by atoms with Gasteiger partial charge in [-0.2, -0.15) is 0 Å². The molecule has 0 amide bonds. The van der Waals surface area contributed by atoms with Gasteiger partial charge in [0, 0.05) is 6.20 Å². The third-order valence-electron chi connectivity index (χ3n) is 2.97. The van der Waals surface area contributed by atoms with Crippen LogP contribution in [0.3, 0.4) is 0 Å². The minimum absolute atomic E-state index is 0.0286. The van der Waals surface area contributed by atoms with Crippen molar-refractivity contribution in [3.05, 3.63) is 90.3 Å². The van der Waals surface area contributed by atoms with Gasteiger partial charge in [0.1, 0.15) is 18.1 Å². The number of pyridine rings is 1. The highest BCUT2D eigenvalue weighted by atomic mass is 16.5. The van der Waals surface area contributed by atoms with E-state index in [1.54, 1.807) is 36.5 Å². The highest BCUT2D eigenvalue weighted by Gasteiger charge is 1.95. The van der Waals surface area contributed by atoms with Crippen LogP contribution >= 0.6 is 0 Å². The monoisotopic (exact) mass is 309 g/mol. The largest absolute Gasteiger partial charge is 0.508 e. The van der Waals surface area contributed by atoms with Crippen LogP contribution in [0.25, 0.3) is 0 Å². The van der Waals surface area contributed by atoms with Crippen molar-refractivity contribution in [2.75, 3.05) is 0 Å². The second-order valence-corrected chi connectivity index (χ2v) is 4.75. The van der Waals surface area contributed by atoms with E-state index in [0.29, 0.717) is 12.3 Å². The number of nitrogens with zero attached hydrogens (tertiary/aromatic N) is 1. The van der Waals surface area contributed by atoms with Crippen LogP contribution in [0, 0.1) is 0 Å². The summed E-state index contributed by atoms with van der Waals surface area (Å²) >= 11 is 0. The lowest BCUT2D eigenvalue weighted by Crippen LogP contribution is -1.94. The maximum atomic E-state index is 9.09. The molecule has 2 N–H and O–H groups in total. The van der Waals surface area contributed by atoms with E-state index in [4.69, 9.17) is 14.9 Å². The van der Waals surface area contributed by atoms with E-state index >= 15 is 0 Å². The second kappa shape index (κ2) is 9.23. The molecule has 0 bridgehead atoms. The number of aromatic nitrogens is 1. The molecule has 0 saturated carbocycles. The van der Waals surface area contributed by atoms with Crippen molar-refractivity contribution in [3.63, 3.8) is 0 Å². The van der Waals surface area contributed by atoms with E-state index in [-0.39, 0.29) is 12.4 Å². The van der Waals surface area contributed by atoms with Crippen molar-refractivity contribution in [1.82, 2.24) is 4.98 Å². The number of phenolic OH excluding ortho intramolecular Hbond substituents is 1. The average Bonchev–Trinajstić information content (AvgIpc) is 2.63. The molecule has 3 rings (SSSR count). The Hall–Kier alpha value is -2.85. The first-order valence-corrected chi connectivity index (χ1v) is 7.24. The Balaban J connectivity index is 0.000000203. The molecule has 3 aromatic rings. The Kier molecular flexibility index (Phi) is 6.63. The van der Waals surface area contributed by atoms with Crippen LogP contribution in [0.2, 0.25) is 0 Å². The number of aliphatic hydroxyl groups is 1. The Morgan fingerprint density at radius 2 is 1.52 bits per heavy atom. The quantitative estimate of drug-likeness (QED) is 0.773. The molecule has 0 unspecified atom stereocenters. The lowest BCUT2D eigenvalue weighted by Gasteiger charge is -2.05. The zero-order valence-corrected chi connectivity index (χ0v) is 12.7. The fraction of sp³-hybridized carbons (Fsp3) is 0.105. The van der Waals surface area contributed by atoms with Gasteiger partial charge in [0.05, 0.1) is 12.3 Å². The molecule has 4 nitrogen and oxygen atoms in total. The predicted molar refractivity (Wildman–Crippen MR) is 89.0 cm³/mol. The standard InChI is InChI=1S/C13H12O2.C6H7NO/c14-12-6-8-13(9-7-12)15-10-11-4-2-1-3-5-11;8-5-6-3-1-2-4-7-6/h1-9,14H,10H2;1-4,8H,5H2. The molecular formula is C19H19NO3. The number of phenols is 1. The van der Waals surface area contributed by atoms with Gasteiger partial charge in [-0.25, -0.2) is 0 Å². The van der Waals surface area contributed by atoms with E-state index < -0.39 is 0 Å². The number of rotatable bonds is 4. The molecule has 2 aromatic carbocycles. The Labute approximate surface area is 135 Å². The SMILES string of the molecule is OCc1ccccn1.Oc1ccc(OCc2ccccc2)cc1. The average molecular weight is 309 g/mol. The van der Waals surface area contributed by atoms with E-state index in [1.807, 2.05) is 42.5 Å². The van der Waals surface area contributed by atoms with Gasteiger partial charge in [-0.15, -0.1) is 0 Å². The smallest absolute Gasteiger partial charge is 0.120 e. The zero-order valence-electron chi connectivity index (χ0n) is 12.7. The Morgan fingerprint density at radius 3 is 2.09 bits per heavy atom. The minimum atomic E-state index is 0.0286. The fourth-order valence-corrected chi connectivity index (χ4v) is 1.77.